The van der Waals surface area contributed by atoms with Gasteiger partial charge in [-0.05, 0) is 49.7 Å². The van der Waals surface area contributed by atoms with Gasteiger partial charge >= 0.3 is 0 Å². The van der Waals surface area contributed by atoms with Crippen LogP contribution >= 0.6 is 0 Å². The first kappa shape index (κ1) is 17.5. The summed E-state index contributed by atoms with van der Waals surface area (Å²) in [5.41, 5.74) is 2.08. The molecular formula is C20H23N5O2. The molecule has 1 saturated heterocycles. The Hall–Kier alpha value is -2.88. The molecule has 2 aromatic heterocycles. The van der Waals surface area contributed by atoms with Crippen molar-refractivity contribution in [2.24, 2.45) is 5.41 Å². The molecule has 0 atom stereocenters. The number of nitriles is 1. The second-order valence-corrected chi connectivity index (χ2v) is 7.63. The van der Waals surface area contributed by atoms with Crippen molar-refractivity contribution < 1.29 is 4.79 Å². The fourth-order valence-electron chi connectivity index (χ4n) is 3.90. The van der Waals surface area contributed by atoms with Crippen LogP contribution in [-0.4, -0.2) is 35.5 Å². The number of aromatic nitrogens is 2. The minimum atomic E-state index is -0.406. The summed E-state index contributed by atoms with van der Waals surface area (Å²) in [7, 11) is 0. The standard InChI is InChI=1S/C20H23N5O2/c1-2-9-22-19(27)15-4-3-14-16(23-15)17(13(12-21)18(26)24-14)25-10-7-20(5-6-20)8-11-25/h3-4H,2,5-11H2,1H3,(H,22,27)(H,24,26). The van der Waals surface area contributed by atoms with Gasteiger partial charge in [0.05, 0.1) is 11.2 Å². The number of nitrogens with one attached hydrogen (secondary N) is 2. The zero-order valence-electron chi connectivity index (χ0n) is 15.5. The number of carbonyl (C=O) groups excluding carboxylic acids is 1. The van der Waals surface area contributed by atoms with Crippen LogP contribution in [0, 0.1) is 16.7 Å². The number of amides is 1. The lowest BCUT2D eigenvalue weighted by molar-refractivity contribution is 0.0949. The summed E-state index contributed by atoms with van der Waals surface area (Å²) < 4.78 is 0. The molecule has 1 amide bonds. The van der Waals surface area contributed by atoms with Gasteiger partial charge in [0.15, 0.2) is 0 Å². The molecule has 7 nitrogen and oxygen atoms in total. The number of aromatic amines is 1. The molecule has 2 N–H and O–H groups in total. The van der Waals surface area contributed by atoms with E-state index in [4.69, 9.17) is 0 Å². The molecule has 2 aliphatic rings. The van der Waals surface area contributed by atoms with Gasteiger partial charge in [0.1, 0.15) is 22.8 Å². The molecule has 7 heteroatoms. The van der Waals surface area contributed by atoms with Crippen LogP contribution in [0.2, 0.25) is 0 Å². The van der Waals surface area contributed by atoms with Gasteiger partial charge in [0.2, 0.25) is 0 Å². The van der Waals surface area contributed by atoms with Crippen molar-refractivity contribution in [2.75, 3.05) is 24.5 Å². The summed E-state index contributed by atoms with van der Waals surface area (Å²) in [5, 5.41) is 12.4. The van der Waals surface area contributed by atoms with Crippen molar-refractivity contribution in [1.29, 1.82) is 5.26 Å². The number of nitrogens with zero attached hydrogens (tertiary/aromatic N) is 3. The van der Waals surface area contributed by atoms with Gasteiger partial charge < -0.3 is 15.2 Å². The van der Waals surface area contributed by atoms with Gasteiger partial charge in [0, 0.05) is 19.6 Å². The molecular weight excluding hydrogens is 342 g/mol. The van der Waals surface area contributed by atoms with Crippen molar-refractivity contribution in [3.05, 3.63) is 33.7 Å². The zero-order valence-corrected chi connectivity index (χ0v) is 15.5. The van der Waals surface area contributed by atoms with Crippen molar-refractivity contribution in [3.63, 3.8) is 0 Å². The van der Waals surface area contributed by atoms with Crippen molar-refractivity contribution in [2.45, 2.75) is 39.0 Å². The minimum Gasteiger partial charge on any atom is -0.368 e. The van der Waals surface area contributed by atoms with Gasteiger partial charge in [-0.15, -0.1) is 0 Å². The van der Waals surface area contributed by atoms with Gasteiger partial charge in [-0.2, -0.15) is 5.26 Å². The number of rotatable bonds is 4. The van der Waals surface area contributed by atoms with E-state index in [0.717, 1.165) is 32.4 Å². The number of carbonyl (C=O) groups is 1. The lowest BCUT2D eigenvalue weighted by Crippen LogP contribution is -2.36. The summed E-state index contributed by atoms with van der Waals surface area (Å²) in [6.45, 7) is 4.18. The van der Waals surface area contributed by atoms with Crippen LogP contribution < -0.4 is 15.8 Å². The molecule has 1 aliphatic heterocycles. The summed E-state index contributed by atoms with van der Waals surface area (Å²) >= 11 is 0. The van der Waals surface area contributed by atoms with E-state index in [0.29, 0.717) is 34.4 Å². The number of anilines is 1. The van der Waals surface area contributed by atoms with Crippen molar-refractivity contribution in [1.82, 2.24) is 15.3 Å². The van der Waals surface area contributed by atoms with E-state index in [1.807, 2.05) is 13.0 Å². The Bertz CT molecular complexity index is 990. The van der Waals surface area contributed by atoms with Gasteiger partial charge in [-0.3, -0.25) is 9.59 Å². The second-order valence-electron chi connectivity index (χ2n) is 7.63. The molecule has 2 aromatic rings. The highest BCUT2D eigenvalue weighted by molar-refractivity contribution is 5.97. The third-order valence-electron chi connectivity index (χ3n) is 5.81. The topological polar surface area (TPSA) is 102 Å². The third kappa shape index (κ3) is 3.16. The second kappa shape index (κ2) is 6.69. The molecule has 4 rings (SSSR count). The fourth-order valence-corrected chi connectivity index (χ4v) is 3.90. The van der Waals surface area contributed by atoms with E-state index in [1.165, 1.54) is 12.8 Å². The Morgan fingerprint density at radius 3 is 2.70 bits per heavy atom. The summed E-state index contributed by atoms with van der Waals surface area (Å²) in [5.74, 6) is -0.245. The highest BCUT2D eigenvalue weighted by Gasteiger charge is 2.45. The molecule has 0 unspecified atom stereocenters. The number of fused-ring (bicyclic) bond motifs is 1. The maximum atomic E-state index is 12.4. The predicted molar refractivity (Wildman–Crippen MR) is 103 cm³/mol. The molecule has 0 aromatic carbocycles. The molecule has 2 fully saturated rings. The highest BCUT2D eigenvalue weighted by Crippen LogP contribution is 2.54. The number of H-pyrrole nitrogens is 1. The average molecular weight is 365 g/mol. The summed E-state index contributed by atoms with van der Waals surface area (Å²) in [6.07, 6.45) is 5.54. The number of hydrogen-bond donors (Lipinski definition) is 2. The van der Waals surface area contributed by atoms with Crippen molar-refractivity contribution in [3.8, 4) is 6.07 Å². The normalized spacial score (nSPS) is 17.7. The maximum absolute atomic E-state index is 12.4. The smallest absolute Gasteiger partial charge is 0.269 e. The number of hydrogen-bond acceptors (Lipinski definition) is 5. The Kier molecular flexibility index (Phi) is 4.34. The summed E-state index contributed by atoms with van der Waals surface area (Å²) in [4.78, 5) is 34.1. The highest BCUT2D eigenvalue weighted by atomic mass is 16.2. The first-order chi connectivity index (χ1) is 13.1. The van der Waals surface area contributed by atoms with E-state index in [-0.39, 0.29) is 11.5 Å². The monoisotopic (exact) mass is 365 g/mol. The van der Waals surface area contributed by atoms with Gasteiger partial charge in [-0.1, -0.05) is 6.92 Å². The Labute approximate surface area is 157 Å². The molecule has 0 radical (unpaired) electrons. The predicted octanol–water partition coefficient (Wildman–Crippen LogP) is 2.31. The Morgan fingerprint density at radius 2 is 2.07 bits per heavy atom. The fraction of sp³-hybridized carbons (Fsp3) is 0.500. The number of pyridine rings is 2. The summed E-state index contributed by atoms with van der Waals surface area (Å²) in [6, 6.07) is 5.35. The lowest BCUT2D eigenvalue weighted by Gasteiger charge is -2.34. The Morgan fingerprint density at radius 1 is 1.33 bits per heavy atom. The molecule has 1 saturated carbocycles. The zero-order chi connectivity index (χ0) is 19.0. The first-order valence-electron chi connectivity index (χ1n) is 9.57. The largest absolute Gasteiger partial charge is 0.368 e. The first-order valence-corrected chi connectivity index (χ1v) is 9.57. The Balaban J connectivity index is 1.79. The number of piperidine rings is 1. The molecule has 0 bridgehead atoms. The van der Waals surface area contributed by atoms with Gasteiger partial charge in [-0.25, -0.2) is 4.98 Å². The van der Waals surface area contributed by atoms with Gasteiger partial charge in [0.25, 0.3) is 11.5 Å². The van der Waals surface area contributed by atoms with E-state index < -0.39 is 5.56 Å². The molecule has 3 heterocycles. The average Bonchev–Trinajstić information content (AvgIpc) is 3.44. The maximum Gasteiger partial charge on any atom is 0.269 e. The molecule has 27 heavy (non-hydrogen) atoms. The quantitative estimate of drug-likeness (QED) is 0.866. The van der Waals surface area contributed by atoms with E-state index in [2.05, 4.69) is 20.2 Å². The molecule has 140 valence electrons. The van der Waals surface area contributed by atoms with Crippen LogP contribution in [0.1, 0.15) is 55.1 Å². The van der Waals surface area contributed by atoms with Crippen LogP contribution in [0.25, 0.3) is 11.0 Å². The van der Waals surface area contributed by atoms with E-state index in [1.54, 1.807) is 12.1 Å². The molecule has 1 aliphatic carbocycles. The van der Waals surface area contributed by atoms with Crippen LogP contribution in [0.3, 0.4) is 0 Å². The van der Waals surface area contributed by atoms with Crippen molar-refractivity contribution >= 4 is 22.6 Å². The van der Waals surface area contributed by atoms with E-state index >= 15 is 0 Å². The van der Waals surface area contributed by atoms with Crippen LogP contribution in [-0.2, 0) is 0 Å². The SMILES string of the molecule is CCCNC(=O)c1ccc2[nH]c(=O)c(C#N)c(N3CCC4(CC3)CC4)c2n1. The lowest BCUT2D eigenvalue weighted by atomic mass is 9.93. The third-order valence-corrected chi connectivity index (χ3v) is 5.81. The van der Waals surface area contributed by atoms with Crippen LogP contribution in [0.4, 0.5) is 5.69 Å². The van der Waals surface area contributed by atoms with Crippen LogP contribution in [0.5, 0.6) is 0 Å². The van der Waals surface area contributed by atoms with Crippen LogP contribution in [0.15, 0.2) is 16.9 Å². The van der Waals surface area contributed by atoms with E-state index in [9.17, 15) is 14.9 Å². The minimum absolute atomic E-state index is 0.0767. The molecule has 1 spiro atoms.